The van der Waals surface area contributed by atoms with E-state index in [4.69, 9.17) is 9.47 Å². The molecule has 0 unspecified atom stereocenters. The summed E-state index contributed by atoms with van der Waals surface area (Å²) in [5, 5.41) is 0. The smallest absolute Gasteiger partial charge is 0.297 e. The van der Waals surface area contributed by atoms with Crippen LogP contribution in [0.1, 0.15) is 52.9 Å². The number of carbonyl (C=O) groups excluding carboxylic acids is 1. The summed E-state index contributed by atoms with van der Waals surface area (Å²) in [5.74, 6) is 0.515. The lowest BCUT2D eigenvalue weighted by Crippen LogP contribution is -2.30. The molecule has 1 heterocycles. The van der Waals surface area contributed by atoms with Gasteiger partial charge in [-0.2, -0.15) is 4.98 Å². The van der Waals surface area contributed by atoms with Gasteiger partial charge in [0, 0.05) is 20.1 Å². The van der Waals surface area contributed by atoms with E-state index in [1.54, 1.807) is 32.0 Å². The van der Waals surface area contributed by atoms with Gasteiger partial charge in [0.25, 0.3) is 6.01 Å². The molecular formula is C22H32N2O5S. The Labute approximate surface area is 178 Å². The summed E-state index contributed by atoms with van der Waals surface area (Å²) in [6, 6.07) is 5.52. The SMILES string of the molecule is CCS(=O)(=O)c1ccc2nc(OC3CCC(OC[C@H](C)CC(C)=O)CC3)n(C)c2c1. The number of hydrogen-bond donors (Lipinski definition) is 0. The first-order valence-corrected chi connectivity index (χ1v) is 12.3. The Balaban J connectivity index is 1.58. The molecule has 1 aromatic carbocycles. The van der Waals surface area contributed by atoms with Gasteiger partial charge in [-0.25, -0.2) is 8.42 Å². The van der Waals surface area contributed by atoms with E-state index in [9.17, 15) is 13.2 Å². The highest BCUT2D eigenvalue weighted by molar-refractivity contribution is 7.91. The average molecular weight is 437 g/mol. The molecule has 1 saturated carbocycles. The van der Waals surface area contributed by atoms with E-state index in [1.165, 1.54) is 0 Å². The van der Waals surface area contributed by atoms with E-state index < -0.39 is 9.84 Å². The highest BCUT2D eigenvalue weighted by Crippen LogP contribution is 2.28. The topological polar surface area (TPSA) is 87.5 Å². The van der Waals surface area contributed by atoms with Crippen LogP contribution in [0.5, 0.6) is 6.01 Å². The summed E-state index contributed by atoms with van der Waals surface area (Å²) in [6.45, 7) is 5.91. The predicted molar refractivity (Wildman–Crippen MR) is 116 cm³/mol. The molecule has 0 radical (unpaired) electrons. The molecule has 30 heavy (non-hydrogen) atoms. The summed E-state index contributed by atoms with van der Waals surface area (Å²) in [5.41, 5.74) is 1.47. The second-order valence-electron chi connectivity index (χ2n) is 8.37. The number of ketones is 1. The molecule has 7 nitrogen and oxygen atoms in total. The molecule has 1 aromatic heterocycles. The summed E-state index contributed by atoms with van der Waals surface area (Å²) < 4.78 is 38.3. The molecule has 0 spiro atoms. The normalized spacial score (nSPS) is 20.9. The van der Waals surface area contributed by atoms with E-state index >= 15 is 0 Å². The van der Waals surface area contributed by atoms with Gasteiger partial charge in [0.2, 0.25) is 0 Å². The fourth-order valence-corrected chi connectivity index (χ4v) is 4.83. The number of carbonyl (C=O) groups is 1. The standard InChI is InChI=1S/C22H32N2O5S/c1-5-30(26,27)19-10-11-20-21(13-19)24(4)22(23-20)29-18-8-6-17(7-9-18)28-14-15(2)12-16(3)25/h10-11,13,15,17-18H,5-9,12,14H2,1-4H3/t15-,17?,18?/m1/s1. The molecule has 2 aromatic rings. The first-order valence-electron chi connectivity index (χ1n) is 10.7. The van der Waals surface area contributed by atoms with Crippen molar-refractivity contribution in [3.63, 3.8) is 0 Å². The molecule has 1 aliphatic rings. The highest BCUT2D eigenvalue weighted by atomic mass is 32.2. The van der Waals surface area contributed by atoms with Gasteiger partial charge in [-0.1, -0.05) is 13.8 Å². The molecule has 0 aliphatic heterocycles. The Morgan fingerprint density at radius 2 is 1.90 bits per heavy atom. The molecule has 3 rings (SSSR count). The van der Waals surface area contributed by atoms with Gasteiger partial charge in [-0.05, 0) is 56.7 Å². The van der Waals surface area contributed by atoms with Crippen molar-refractivity contribution in [1.29, 1.82) is 0 Å². The van der Waals surface area contributed by atoms with Crippen molar-refractivity contribution in [1.82, 2.24) is 9.55 Å². The van der Waals surface area contributed by atoms with Crippen LogP contribution in [-0.2, 0) is 26.4 Å². The maximum Gasteiger partial charge on any atom is 0.297 e. The van der Waals surface area contributed by atoms with E-state index in [1.807, 2.05) is 18.5 Å². The van der Waals surface area contributed by atoms with Crippen LogP contribution < -0.4 is 4.74 Å². The lowest BCUT2D eigenvalue weighted by Gasteiger charge is -2.29. The highest BCUT2D eigenvalue weighted by Gasteiger charge is 2.25. The number of imidazole rings is 1. The largest absolute Gasteiger partial charge is 0.461 e. The summed E-state index contributed by atoms with van der Waals surface area (Å²) >= 11 is 0. The summed E-state index contributed by atoms with van der Waals surface area (Å²) in [4.78, 5) is 16.0. The van der Waals surface area contributed by atoms with Crippen LogP contribution in [0.3, 0.4) is 0 Å². The number of rotatable bonds is 9. The third-order valence-corrected chi connectivity index (χ3v) is 7.43. The number of nitrogens with zero attached hydrogens (tertiary/aromatic N) is 2. The van der Waals surface area contributed by atoms with E-state index in [0.717, 1.165) is 36.7 Å². The van der Waals surface area contributed by atoms with Crippen molar-refractivity contribution < 1.29 is 22.7 Å². The van der Waals surface area contributed by atoms with Gasteiger partial charge in [0.15, 0.2) is 9.84 Å². The maximum absolute atomic E-state index is 12.2. The number of sulfone groups is 1. The number of hydrogen-bond acceptors (Lipinski definition) is 6. The zero-order valence-corrected chi connectivity index (χ0v) is 19.1. The number of Topliss-reactive ketones (excluding diaryl/α,β-unsaturated/α-hetero) is 1. The Morgan fingerprint density at radius 1 is 1.23 bits per heavy atom. The second-order valence-corrected chi connectivity index (χ2v) is 10.6. The molecule has 0 N–H and O–H groups in total. The average Bonchev–Trinajstić information content (AvgIpc) is 3.02. The van der Waals surface area contributed by atoms with E-state index in [-0.39, 0.29) is 29.7 Å². The molecule has 0 saturated heterocycles. The molecular weight excluding hydrogens is 404 g/mol. The van der Waals surface area contributed by atoms with Crippen molar-refractivity contribution >= 4 is 26.7 Å². The van der Waals surface area contributed by atoms with E-state index in [0.29, 0.717) is 23.9 Å². The number of benzene rings is 1. The Morgan fingerprint density at radius 3 is 2.53 bits per heavy atom. The van der Waals surface area contributed by atoms with E-state index in [2.05, 4.69) is 4.98 Å². The van der Waals surface area contributed by atoms with Crippen molar-refractivity contribution in [2.24, 2.45) is 13.0 Å². The first kappa shape index (κ1) is 22.7. The molecule has 1 fully saturated rings. The number of aryl methyl sites for hydroxylation is 1. The number of ether oxygens (including phenoxy) is 2. The van der Waals surface area contributed by atoms with Crippen LogP contribution in [0.25, 0.3) is 11.0 Å². The van der Waals surface area contributed by atoms with Crippen LogP contribution in [0.2, 0.25) is 0 Å². The summed E-state index contributed by atoms with van der Waals surface area (Å²) in [6.07, 6.45) is 4.43. The van der Waals surface area contributed by atoms with Gasteiger partial charge < -0.3 is 14.3 Å². The third-order valence-electron chi connectivity index (χ3n) is 5.70. The zero-order chi connectivity index (χ0) is 21.9. The Bertz CT molecular complexity index is 990. The second kappa shape index (κ2) is 9.47. The molecule has 0 bridgehead atoms. The van der Waals surface area contributed by atoms with Crippen molar-refractivity contribution in [2.45, 2.75) is 70.0 Å². The Kier molecular flexibility index (Phi) is 7.18. The lowest BCUT2D eigenvalue weighted by molar-refractivity contribution is -0.118. The van der Waals surface area contributed by atoms with Gasteiger partial charge in [-0.3, -0.25) is 4.57 Å². The molecule has 8 heteroatoms. The predicted octanol–water partition coefficient (Wildman–Crippen LogP) is 3.69. The maximum atomic E-state index is 12.2. The van der Waals surface area contributed by atoms with Crippen LogP contribution in [0.15, 0.2) is 23.1 Å². The van der Waals surface area contributed by atoms with Gasteiger partial charge in [0.1, 0.15) is 11.9 Å². The van der Waals surface area contributed by atoms with Crippen molar-refractivity contribution in [3.8, 4) is 6.01 Å². The van der Waals surface area contributed by atoms with Crippen molar-refractivity contribution in [2.75, 3.05) is 12.4 Å². The van der Waals surface area contributed by atoms with Crippen LogP contribution in [0.4, 0.5) is 0 Å². The molecule has 166 valence electrons. The van der Waals surface area contributed by atoms with Gasteiger partial charge in [-0.15, -0.1) is 0 Å². The number of aromatic nitrogens is 2. The monoisotopic (exact) mass is 436 g/mol. The molecule has 0 amide bonds. The van der Waals surface area contributed by atoms with Gasteiger partial charge >= 0.3 is 0 Å². The lowest BCUT2D eigenvalue weighted by atomic mass is 9.95. The first-order chi connectivity index (χ1) is 14.2. The minimum Gasteiger partial charge on any atom is -0.461 e. The van der Waals surface area contributed by atoms with Crippen LogP contribution in [-0.4, -0.2) is 48.3 Å². The van der Waals surface area contributed by atoms with Gasteiger partial charge in [0.05, 0.1) is 27.8 Å². The molecule has 1 aliphatic carbocycles. The number of fused-ring (bicyclic) bond motifs is 1. The third kappa shape index (κ3) is 5.40. The quantitative estimate of drug-likeness (QED) is 0.596. The van der Waals surface area contributed by atoms with Crippen LogP contribution in [0, 0.1) is 5.92 Å². The van der Waals surface area contributed by atoms with Crippen molar-refractivity contribution in [3.05, 3.63) is 18.2 Å². The van der Waals surface area contributed by atoms with Crippen LogP contribution >= 0.6 is 0 Å². The zero-order valence-electron chi connectivity index (χ0n) is 18.3. The molecule has 1 atom stereocenters. The fraction of sp³-hybridized carbons (Fsp3) is 0.636. The minimum absolute atomic E-state index is 0.0638. The summed E-state index contributed by atoms with van der Waals surface area (Å²) in [7, 11) is -1.42. The Hall–Kier alpha value is -1.93. The fourth-order valence-electron chi connectivity index (χ4n) is 3.93. The minimum atomic E-state index is -3.26.